The lowest BCUT2D eigenvalue weighted by molar-refractivity contribution is -0.140. The summed E-state index contributed by atoms with van der Waals surface area (Å²) >= 11 is 0. The van der Waals surface area contributed by atoms with E-state index in [0.29, 0.717) is 12.1 Å². The van der Waals surface area contributed by atoms with Crippen LogP contribution < -0.4 is 9.62 Å². The molecule has 0 radical (unpaired) electrons. The third-order valence-electron chi connectivity index (χ3n) is 9.56. The molecule has 0 unspecified atom stereocenters. The monoisotopic (exact) mass is 679 g/mol. The van der Waals surface area contributed by atoms with E-state index in [2.05, 4.69) is 19.2 Å². The first-order valence-corrected chi connectivity index (χ1v) is 18.8. The van der Waals surface area contributed by atoms with E-state index in [1.54, 1.807) is 41.3 Å². The number of benzene rings is 4. The molecule has 0 saturated heterocycles. The fraction of sp³-hybridized carbons (Fsp3) is 0.366. The molecule has 1 fully saturated rings. The van der Waals surface area contributed by atoms with Gasteiger partial charge in [0.25, 0.3) is 10.0 Å². The summed E-state index contributed by atoms with van der Waals surface area (Å²) < 4.78 is 29.9. The van der Waals surface area contributed by atoms with Crippen LogP contribution in [0.1, 0.15) is 79.7 Å². The van der Waals surface area contributed by atoms with Gasteiger partial charge in [0, 0.05) is 19.0 Å². The first kappa shape index (κ1) is 35.9. The minimum absolute atomic E-state index is 0.0489. The van der Waals surface area contributed by atoms with E-state index in [4.69, 9.17) is 0 Å². The van der Waals surface area contributed by atoms with Crippen molar-refractivity contribution in [2.75, 3.05) is 10.8 Å². The molecule has 1 aliphatic rings. The zero-order valence-corrected chi connectivity index (χ0v) is 30.0. The first-order valence-electron chi connectivity index (χ1n) is 17.4. The Morgan fingerprint density at radius 3 is 2.06 bits per heavy atom. The summed E-state index contributed by atoms with van der Waals surface area (Å²) in [7, 11) is -4.16. The minimum Gasteiger partial charge on any atom is -0.352 e. The molecule has 0 heterocycles. The van der Waals surface area contributed by atoms with Crippen molar-refractivity contribution >= 4 is 27.5 Å². The van der Waals surface area contributed by atoms with Gasteiger partial charge >= 0.3 is 0 Å². The van der Waals surface area contributed by atoms with Crippen molar-refractivity contribution in [1.82, 2.24) is 10.2 Å². The number of nitrogens with zero attached hydrogens (tertiary/aromatic N) is 2. The van der Waals surface area contributed by atoms with Crippen molar-refractivity contribution in [3.63, 3.8) is 0 Å². The van der Waals surface area contributed by atoms with Crippen molar-refractivity contribution in [3.05, 3.63) is 131 Å². The lowest BCUT2D eigenvalue weighted by Crippen LogP contribution is -2.55. The number of anilines is 1. The van der Waals surface area contributed by atoms with Gasteiger partial charge < -0.3 is 10.2 Å². The van der Waals surface area contributed by atoms with Crippen LogP contribution in [0, 0.1) is 13.8 Å². The number of hydrogen-bond acceptors (Lipinski definition) is 4. The van der Waals surface area contributed by atoms with E-state index in [1.807, 2.05) is 80.6 Å². The summed E-state index contributed by atoms with van der Waals surface area (Å²) in [5.41, 5.74) is 5.18. The Morgan fingerprint density at radius 1 is 0.796 bits per heavy atom. The van der Waals surface area contributed by atoms with Crippen LogP contribution in [0.15, 0.2) is 108 Å². The van der Waals surface area contributed by atoms with Gasteiger partial charge in [0.1, 0.15) is 12.6 Å². The molecule has 4 aromatic carbocycles. The highest BCUT2D eigenvalue weighted by Gasteiger charge is 2.35. The number of carbonyl (C=O) groups excluding carboxylic acids is 2. The van der Waals surface area contributed by atoms with Gasteiger partial charge in [0.2, 0.25) is 11.8 Å². The molecule has 258 valence electrons. The van der Waals surface area contributed by atoms with Crippen molar-refractivity contribution in [1.29, 1.82) is 0 Å². The number of nitrogens with one attached hydrogen (secondary N) is 1. The highest BCUT2D eigenvalue weighted by Crippen LogP contribution is 2.28. The van der Waals surface area contributed by atoms with Crippen molar-refractivity contribution in [3.8, 4) is 0 Å². The Hall–Kier alpha value is -4.43. The van der Waals surface area contributed by atoms with Gasteiger partial charge in [-0.15, -0.1) is 0 Å². The Bertz CT molecular complexity index is 1800. The van der Waals surface area contributed by atoms with Crippen LogP contribution in [0.25, 0.3) is 0 Å². The molecule has 1 atom stereocenters. The molecule has 1 aliphatic carbocycles. The van der Waals surface area contributed by atoms with Crippen molar-refractivity contribution in [2.45, 2.75) is 95.7 Å². The summed E-state index contributed by atoms with van der Waals surface area (Å²) in [6.45, 7) is 7.73. The van der Waals surface area contributed by atoms with Gasteiger partial charge in [-0.05, 0) is 79.1 Å². The predicted molar refractivity (Wildman–Crippen MR) is 197 cm³/mol. The molecule has 5 rings (SSSR count). The average molecular weight is 680 g/mol. The average Bonchev–Trinajstić information content (AvgIpc) is 3.10. The maximum absolute atomic E-state index is 14.8. The van der Waals surface area contributed by atoms with Crippen molar-refractivity contribution in [2.24, 2.45) is 0 Å². The molecule has 4 aromatic rings. The zero-order chi connectivity index (χ0) is 35.0. The summed E-state index contributed by atoms with van der Waals surface area (Å²) in [5, 5.41) is 3.27. The van der Waals surface area contributed by atoms with Crippen LogP contribution in [0.2, 0.25) is 0 Å². The third kappa shape index (κ3) is 9.18. The second-order valence-corrected chi connectivity index (χ2v) is 15.4. The molecule has 7 nitrogen and oxygen atoms in total. The second-order valence-electron chi connectivity index (χ2n) is 13.6. The minimum atomic E-state index is -4.16. The lowest BCUT2D eigenvalue weighted by Gasteiger charge is -2.35. The zero-order valence-electron chi connectivity index (χ0n) is 29.1. The van der Waals surface area contributed by atoms with E-state index in [0.717, 1.165) is 59.9 Å². The Labute approximate surface area is 292 Å². The molecular weight excluding hydrogens is 631 g/mol. The summed E-state index contributed by atoms with van der Waals surface area (Å²) in [6.07, 6.45) is 5.38. The number of amides is 2. The SMILES string of the molecule is Cc1ccc(S(=O)(=O)N(CC(=O)N(Cc2ccccc2C)[C@@H](Cc2ccccc2)C(=O)NC2CCCCC2)c2ccc(C(C)C)cc2)cc1. The number of carbonyl (C=O) groups is 2. The molecule has 0 aliphatic heterocycles. The summed E-state index contributed by atoms with van der Waals surface area (Å²) in [6, 6.07) is 30.7. The van der Waals surface area contributed by atoms with E-state index in [-0.39, 0.29) is 29.3 Å². The second kappa shape index (κ2) is 16.3. The van der Waals surface area contributed by atoms with E-state index in [9.17, 15) is 18.0 Å². The third-order valence-corrected chi connectivity index (χ3v) is 11.3. The quantitative estimate of drug-likeness (QED) is 0.157. The summed E-state index contributed by atoms with van der Waals surface area (Å²) in [4.78, 5) is 30.8. The summed E-state index contributed by atoms with van der Waals surface area (Å²) in [5.74, 6) is -0.414. The normalized spacial score (nSPS) is 14.3. The van der Waals surface area contributed by atoms with Crippen molar-refractivity contribution < 1.29 is 18.0 Å². The number of sulfonamides is 1. The highest BCUT2D eigenvalue weighted by atomic mass is 32.2. The van der Waals surface area contributed by atoms with Gasteiger partial charge in [-0.3, -0.25) is 13.9 Å². The molecule has 49 heavy (non-hydrogen) atoms. The Morgan fingerprint density at radius 2 is 1.43 bits per heavy atom. The number of rotatable bonds is 13. The maximum Gasteiger partial charge on any atom is 0.264 e. The van der Waals surface area contributed by atoms with Crippen LogP contribution in [0.3, 0.4) is 0 Å². The van der Waals surface area contributed by atoms with Gasteiger partial charge in [-0.25, -0.2) is 8.42 Å². The van der Waals surface area contributed by atoms with Crippen LogP contribution in [-0.2, 0) is 32.6 Å². The fourth-order valence-corrected chi connectivity index (χ4v) is 7.88. The molecule has 8 heteroatoms. The molecule has 1 N–H and O–H groups in total. The lowest BCUT2D eigenvalue weighted by atomic mass is 9.94. The topological polar surface area (TPSA) is 86.8 Å². The first-order chi connectivity index (χ1) is 23.5. The Balaban J connectivity index is 1.57. The molecule has 0 spiro atoms. The maximum atomic E-state index is 14.8. The molecule has 2 amide bonds. The van der Waals surface area contributed by atoms with Crippen LogP contribution >= 0.6 is 0 Å². The van der Waals surface area contributed by atoms with E-state index < -0.39 is 28.5 Å². The molecular formula is C41H49N3O4S. The molecule has 1 saturated carbocycles. The highest BCUT2D eigenvalue weighted by molar-refractivity contribution is 7.92. The number of hydrogen-bond donors (Lipinski definition) is 1. The van der Waals surface area contributed by atoms with Gasteiger partial charge in [0.05, 0.1) is 10.6 Å². The van der Waals surface area contributed by atoms with Gasteiger partial charge in [-0.1, -0.05) is 118 Å². The fourth-order valence-electron chi connectivity index (χ4n) is 6.46. The van der Waals surface area contributed by atoms with Crippen LogP contribution in [0.5, 0.6) is 0 Å². The number of aryl methyl sites for hydroxylation is 2. The van der Waals surface area contributed by atoms with E-state index in [1.165, 1.54) is 4.31 Å². The van der Waals surface area contributed by atoms with Crippen LogP contribution in [0.4, 0.5) is 5.69 Å². The molecule has 0 bridgehead atoms. The van der Waals surface area contributed by atoms with Gasteiger partial charge in [-0.2, -0.15) is 0 Å². The smallest absolute Gasteiger partial charge is 0.264 e. The largest absolute Gasteiger partial charge is 0.352 e. The molecule has 0 aromatic heterocycles. The predicted octanol–water partition coefficient (Wildman–Crippen LogP) is 7.71. The van der Waals surface area contributed by atoms with Crippen LogP contribution in [-0.4, -0.2) is 43.8 Å². The standard InChI is InChI=1S/C41H49N3O4S/c1-30(2)34-21-23-37(24-22-34)44(49(47,48)38-25-19-31(3)20-26-38)29-40(45)43(28-35-16-12-11-13-32(35)4)39(27-33-14-7-5-8-15-33)41(46)42-36-17-9-6-10-18-36/h5,7-8,11-16,19-26,30,36,39H,6,9-10,17-18,27-29H2,1-4H3,(H,42,46)/t39-/m0/s1. The van der Waals surface area contributed by atoms with E-state index >= 15 is 0 Å². The Kier molecular flexibility index (Phi) is 11.9. The van der Waals surface area contributed by atoms with Gasteiger partial charge in [0.15, 0.2) is 0 Å².